The number of anilines is 1. The molecule has 1 heterocycles. The maximum absolute atomic E-state index is 12.6. The lowest BCUT2D eigenvalue weighted by molar-refractivity contribution is -0.111. The molecular formula is C11H11FN2O. The normalized spacial score (nSPS) is 11.1. The molecule has 1 N–H and O–H groups in total. The van der Waals surface area contributed by atoms with E-state index < -0.39 is 5.95 Å². The standard InChI is InChI=1S/C11H11FN2O/c1-2-3-4-8-11(15)14-10-7-5-6-9(12)13-10/h2-8H,1H3,(H,13,14,15). The molecule has 0 aliphatic heterocycles. The fraction of sp³-hybridized carbons (Fsp3) is 0.0909. The van der Waals surface area contributed by atoms with Gasteiger partial charge in [0.2, 0.25) is 11.9 Å². The van der Waals surface area contributed by atoms with Crippen molar-refractivity contribution in [3.8, 4) is 0 Å². The summed E-state index contributed by atoms with van der Waals surface area (Å²) >= 11 is 0. The van der Waals surface area contributed by atoms with Crippen LogP contribution in [0.25, 0.3) is 0 Å². The first-order valence-corrected chi connectivity index (χ1v) is 4.45. The van der Waals surface area contributed by atoms with Gasteiger partial charge < -0.3 is 5.32 Å². The van der Waals surface area contributed by atoms with E-state index in [0.29, 0.717) is 0 Å². The molecule has 0 atom stereocenters. The molecule has 0 bridgehead atoms. The first-order chi connectivity index (χ1) is 7.22. The summed E-state index contributed by atoms with van der Waals surface area (Å²) in [6.45, 7) is 1.84. The molecule has 0 aliphatic rings. The molecule has 1 aromatic rings. The third-order valence-corrected chi connectivity index (χ3v) is 1.52. The van der Waals surface area contributed by atoms with E-state index in [0.717, 1.165) is 0 Å². The highest BCUT2D eigenvalue weighted by atomic mass is 19.1. The topological polar surface area (TPSA) is 42.0 Å². The highest BCUT2D eigenvalue weighted by molar-refractivity contribution is 5.98. The minimum Gasteiger partial charge on any atom is -0.307 e. The number of rotatable bonds is 3. The van der Waals surface area contributed by atoms with Gasteiger partial charge in [-0.05, 0) is 19.1 Å². The summed E-state index contributed by atoms with van der Waals surface area (Å²) in [7, 11) is 0. The van der Waals surface area contributed by atoms with Gasteiger partial charge >= 0.3 is 0 Å². The van der Waals surface area contributed by atoms with Gasteiger partial charge in [-0.2, -0.15) is 4.39 Å². The van der Waals surface area contributed by atoms with Gasteiger partial charge in [-0.1, -0.05) is 24.3 Å². The molecule has 0 saturated carbocycles. The molecule has 1 amide bonds. The van der Waals surface area contributed by atoms with Gasteiger partial charge in [0.1, 0.15) is 5.82 Å². The second-order valence-electron chi connectivity index (χ2n) is 2.72. The SMILES string of the molecule is CC=CC=CC(=O)Nc1cccc(F)n1. The van der Waals surface area contributed by atoms with Crippen LogP contribution in [0.15, 0.2) is 42.5 Å². The lowest BCUT2D eigenvalue weighted by Gasteiger charge is -1.99. The van der Waals surface area contributed by atoms with Gasteiger partial charge in [0, 0.05) is 6.08 Å². The number of aromatic nitrogens is 1. The molecule has 0 aliphatic carbocycles. The van der Waals surface area contributed by atoms with Crippen molar-refractivity contribution >= 4 is 11.7 Å². The zero-order valence-corrected chi connectivity index (χ0v) is 8.27. The van der Waals surface area contributed by atoms with Crippen LogP contribution in [0.3, 0.4) is 0 Å². The molecule has 0 unspecified atom stereocenters. The summed E-state index contributed by atoms with van der Waals surface area (Å²) in [5.41, 5.74) is 0. The van der Waals surface area contributed by atoms with Gasteiger partial charge in [-0.25, -0.2) is 4.98 Å². The van der Waals surface area contributed by atoms with E-state index >= 15 is 0 Å². The van der Waals surface area contributed by atoms with Crippen molar-refractivity contribution in [1.29, 1.82) is 0 Å². The van der Waals surface area contributed by atoms with Crippen LogP contribution in [0, 0.1) is 5.95 Å². The van der Waals surface area contributed by atoms with Crippen LogP contribution in [0.2, 0.25) is 0 Å². The molecule has 1 aromatic heterocycles. The lowest BCUT2D eigenvalue weighted by Crippen LogP contribution is -2.09. The van der Waals surface area contributed by atoms with Crippen molar-refractivity contribution in [3.05, 3.63) is 48.5 Å². The Morgan fingerprint density at radius 3 is 2.93 bits per heavy atom. The fourth-order valence-corrected chi connectivity index (χ4v) is 0.900. The maximum Gasteiger partial charge on any atom is 0.249 e. The van der Waals surface area contributed by atoms with Crippen LogP contribution in [-0.4, -0.2) is 10.9 Å². The van der Waals surface area contributed by atoms with Crippen LogP contribution in [0.4, 0.5) is 10.2 Å². The van der Waals surface area contributed by atoms with Crippen LogP contribution in [-0.2, 0) is 4.79 Å². The molecule has 0 fully saturated rings. The smallest absolute Gasteiger partial charge is 0.249 e. The van der Waals surface area contributed by atoms with Gasteiger partial charge in [-0.3, -0.25) is 4.79 Å². The van der Waals surface area contributed by atoms with E-state index in [9.17, 15) is 9.18 Å². The van der Waals surface area contributed by atoms with Crippen molar-refractivity contribution < 1.29 is 9.18 Å². The predicted octanol–water partition coefficient (Wildman–Crippen LogP) is 2.29. The number of carbonyl (C=O) groups excluding carboxylic acids is 1. The summed E-state index contributed by atoms with van der Waals surface area (Å²) in [4.78, 5) is 14.7. The Morgan fingerprint density at radius 2 is 2.27 bits per heavy atom. The van der Waals surface area contributed by atoms with Crippen molar-refractivity contribution in [1.82, 2.24) is 4.98 Å². The highest BCUT2D eigenvalue weighted by Gasteiger charge is 1.99. The number of hydrogen-bond donors (Lipinski definition) is 1. The predicted molar refractivity (Wildman–Crippen MR) is 56.8 cm³/mol. The number of hydrogen-bond acceptors (Lipinski definition) is 2. The maximum atomic E-state index is 12.6. The number of carbonyl (C=O) groups is 1. The van der Waals surface area contributed by atoms with Crippen LogP contribution in [0.1, 0.15) is 6.92 Å². The third kappa shape index (κ3) is 4.17. The average molecular weight is 206 g/mol. The summed E-state index contributed by atoms with van der Waals surface area (Å²) in [5.74, 6) is -0.762. The Kier molecular flexibility index (Phi) is 4.22. The van der Waals surface area contributed by atoms with E-state index in [1.807, 2.05) is 6.92 Å². The quantitative estimate of drug-likeness (QED) is 0.468. The Labute approximate surface area is 87.3 Å². The largest absolute Gasteiger partial charge is 0.307 e. The van der Waals surface area contributed by atoms with Crippen LogP contribution < -0.4 is 5.32 Å². The van der Waals surface area contributed by atoms with E-state index in [2.05, 4.69) is 10.3 Å². The molecule has 78 valence electrons. The fourth-order valence-electron chi connectivity index (χ4n) is 0.900. The second-order valence-corrected chi connectivity index (χ2v) is 2.72. The van der Waals surface area contributed by atoms with Crippen LogP contribution in [0.5, 0.6) is 0 Å². The zero-order chi connectivity index (χ0) is 11.1. The minimum atomic E-state index is -0.620. The first kappa shape index (κ1) is 11.1. The molecule has 4 heteroatoms. The third-order valence-electron chi connectivity index (χ3n) is 1.52. The van der Waals surface area contributed by atoms with Crippen molar-refractivity contribution in [2.75, 3.05) is 5.32 Å². The number of allylic oxidation sites excluding steroid dienone is 3. The molecule has 0 saturated heterocycles. The Balaban J connectivity index is 2.59. The highest BCUT2D eigenvalue weighted by Crippen LogP contribution is 2.03. The molecule has 0 aromatic carbocycles. The number of amides is 1. The molecule has 15 heavy (non-hydrogen) atoms. The van der Waals surface area contributed by atoms with Gasteiger partial charge in [0.05, 0.1) is 0 Å². The van der Waals surface area contributed by atoms with Crippen molar-refractivity contribution in [3.63, 3.8) is 0 Å². The van der Waals surface area contributed by atoms with Crippen LogP contribution >= 0.6 is 0 Å². The number of nitrogens with one attached hydrogen (secondary N) is 1. The average Bonchev–Trinajstić information content (AvgIpc) is 2.18. The first-order valence-electron chi connectivity index (χ1n) is 4.45. The molecular weight excluding hydrogens is 195 g/mol. The molecule has 0 spiro atoms. The van der Waals surface area contributed by atoms with Gasteiger partial charge in [0.15, 0.2) is 0 Å². The van der Waals surface area contributed by atoms with E-state index in [1.165, 1.54) is 24.3 Å². The lowest BCUT2D eigenvalue weighted by atomic mass is 10.4. The second kappa shape index (κ2) is 5.70. The Morgan fingerprint density at radius 1 is 1.47 bits per heavy atom. The molecule has 3 nitrogen and oxygen atoms in total. The Hall–Kier alpha value is -1.97. The van der Waals surface area contributed by atoms with E-state index in [-0.39, 0.29) is 11.7 Å². The Bertz CT molecular complexity index is 399. The molecule has 0 radical (unpaired) electrons. The summed E-state index contributed by atoms with van der Waals surface area (Å²) in [6.07, 6.45) is 6.45. The monoisotopic (exact) mass is 206 g/mol. The summed E-state index contributed by atoms with van der Waals surface area (Å²) in [6, 6.07) is 4.21. The number of halogens is 1. The van der Waals surface area contributed by atoms with Gasteiger partial charge in [-0.15, -0.1) is 0 Å². The number of pyridine rings is 1. The van der Waals surface area contributed by atoms with Crippen molar-refractivity contribution in [2.24, 2.45) is 0 Å². The minimum absolute atomic E-state index is 0.199. The number of nitrogens with zero attached hydrogens (tertiary/aromatic N) is 1. The summed E-state index contributed by atoms with van der Waals surface area (Å²) < 4.78 is 12.6. The van der Waals surface area contributed by atoms with E-state index in [1.54, 1.807) is 18.2 Å². The van der Waals surface area contributed by atoms with Crippen molar-refractivity contribution in [2.45, 2.75) is 6.92 Å². The molecule has 1 rings (SSSR count). The summed E-state index contributed by atoms with van der Waals surface area (Å²) in [5, 5.41) is 2.43. The van der Waals surface area contributed by atoms with E-state index in [4.69, 9.17) is 0 Å². The van der Waals surface area contributed by atoms with Gasteiger partial charge in [0.25, 0.3) is 0 Å². The zero-order valence-electron chi connectivity index (χ0n) is 8.27.